The smallest absolute Gasteiger partial charge is 0.217 e. The Bertz CT molecular complexity index is 46.1. The molecule has 2 nitrogen and oxygen atoms in total. The van der Waals surface area contributed by atoms with Gasteiger partial charge in [-0.1, -0.05) is 6.92 Å². The van der Waals surface area contributed by atoms with Crippen molar-refractivity contribution in [2.75, 3.05) is 0 Å². The zero-order chi connectivity index (χ0) is 4.28. The number of nitrogens with two attached hydrogens (primary N) is 1. The summed E-state index contributed by atoms with van der Waals surface area (Å²) in [5.74, 6) is -0.245. The quantitative estimate of drug-likeness (QED) is 0.424. The molecule has 0 aromatic rings. The number of rotatable bonds is 1. The molecule has 0 fully saturated rings. The summed E-state index contributed by atoms with van der Waals surface area (Å²) >= 11 is 0. The summed E-state index contributed by atoms with van der Waals surface area (Å²) in [4.78, 5) is 9.59. The summed E-state index contributed by atoms with van der Waals surface area (Å²) in [6.45, 7) is 1.72. The topological polar surface area (TPSA) is 43.1 Å². The van der Waals surface area contributed by atoms with E-state index in [1.807, 2.05) is 0 Å². The Morgan fingerprint density at radius 2 is 2.00 bits per heavy atom. The fraction of sp³-hybridized carbons (Fsp3) is 0.667. The van der Waals surface area contributed by atoms with Crippen LogP contribution in [0.1, 0.15) is 13.3 Å². The maximum Gasteiger partial charge on any atom is 0.217 e. The second kappa shape index (κ2) is 5.07. The van der Waals surface area contributed by atoms with Gasteiger partial charge in [0.25, 0.3) is 0 Å². The Kier molecular flexibility index (Phi) is 7.95. The van der Waals surface area contributed by atoms with Crippen LogP contribution in [0.3, 0.4) is 0 Å². The van der Waals surface area contributed by atoms with E-state index in [0.29, 0.717) is 6.42 Å². The molecule has 0 saturated carbocycles. The molecule has 0 atom stereocenters. The van der Waals surface area contributed by atoms with Crippen molar-refractivity contribution in [3.05, 3.63) is 0 Å². The van der Waals surface area contributed by atoms with E-state index in [1.165, 1.54) is 0 Å². The summed E-state index contributed by atoms with van der Waals surface area (Å²) in [6.07, 6.45) is 0.444. The van der Waals surface area contributed by atoms with E-state index in [1.54, 1.807) is 6.92 Å². The van der Waals surface area contributed by atoms with Crippen LogP contribution in [-0.4, -0.2) is 24.8 Å². The average Bonchev–Trinajstić information content (AvgIpc) is 1.38. The zero-order valence-corrected chi connectivity index (χ0v) is 4.19. The van der Waals surface area contributed by atoms with E-state index in [4.69, 9.17) is 0 Å². The normalized spacial score (nSPS) is 6.17. The van der Waals surface area contributed by atoms with Crippen LogP contribution in [0.25, 0.3) is 0 Å². The third-order valence-corrected chi connectivity index (χ3v) is 0.348. The first-order chi connectivity index (χ1) is 2.27. The SMILES string of the molecule is CCC(N)=O.[Li]. The Morgan fingerprint density at radius 3 is 2.00 bits per heavy atom. The van der Waals surface area contributed by atoms with Crippen LogP contribution in [0.5, 0.6) is 0 Å². The maximum atomic E-state index is 9.59. The number of amides is 1. The van der Waals surface area contributed by atoms with E-state index < -0.39 is 0 Å². The monoisotopic (exact) mass is 80.1 g/mol. The molecule has 0 aromatic carbocycles. The van der Waals surface area contributed by atoms with Crippen molar-refractivity contribution < 1.29 is 4.79 Å². The van der Waals surface area contributed by atoms with Gasteiger partial charge in [-0.3, -0.25) is 4.79 Å². The van der Waals surface area contributed by atoms with Crippen molar-refractivity contribution in [1.29, 1.82) is 0 Å². The fourth-order valence-electron chi connectivity index (χ4n) is 0. The largest absolute Gasteiger partial charge is 0.370 e. The molecule has 1 amide bonds. The van der Waals surface area contributed by atoms with Crippen LogP contribution in [0, 0.1) is 0 Å². The summed E-state index contributed by atoms with van der Waals surface area (Å²) < 4.78 is 0. The van der Waals surface area contributed by atoms with Crippen LogP contribution in [0.2, 0.25) is 0 Å². The first-order valence-electron chi connectivity index (χ1n) is 1.55. The number of hydrogen-bond acceptors (Lipinski definition) is 1. The van der Waals surface area contributed by atoms with Gasteiger partial charge in [0.1, 0.15) is 0 Å². The molecule has 0 unspecified atom stereocenters. The third kappa shape index (κ3) is 8.95. The van der Waals surface area contributed by atoms with Gasteiger partial charge in [0.2, 0.25) is 5.91 Å². The number of hydrogen-bond donors (Lipinski definition) is 1. The average molecular weight is 80.0 g/mol. The molecule has 0 aliphatic carbocycles. The van der Waals surface area contributed by atoms with Crippen molar-refractivity contribution in [3.63, 3.8) is 0 Å². The first kappa shape index (κ1) is 9.42. The van der Waals surface area contributed by atoms with Crippen molar-refractivity contribution in [2.45, 2.75) is 13.3 Å². The minimum Gasteiger partial charge on any atom is -0.370 e. The second-order valence-electron chi connectivity index (χ2n) is 0.820. The fourth-order valence-corrected chi connectivity index (χ4v) is 0. The predicted molar refractivity (Wildman–Crippen MR) is 25.2 cm³/mol. The van der Waals surface area contributed by atoms with Gasteiger partial charge in [0.15, 0.2) is 0 Å². The molecule has 3 heteroatoms. The number of carbonyl (C=O) groups excluding carboxylic acids is 1. The summed E-state index contributed by atoms with van der Waals surface area (Å²) in [6, 6.07) is 0. The summed E-state index contributed by atoms with van der Waals surface area (Å²) in [5.41, 5.74) is 4.65. The Labute approximate surface area is 49.3 Å². The minimum absolute atomic E-state index is 0. The number of primary amides is 1. The Balaban J connectivity index is 0. The molecular formula is C3H7LiNO. The summed E-state index contributed by atoms with van der Waals surface area (Å²) in [7, 11) is 0. The van der Waals surface area contributed by atoms with Crippen LogP contribution in [0.15, 0.2) is 0 Å². The van der Waals surface area contributed by atoms with Gasteiger partial charge in [0, 0.05) is 25.3 Å². The van der Waals surface area contributed by atoms with Gasteiger partial charge < -0.3 is 5.73 Å². The van der Waals surface area contributed by atoms with Crippen molar-refractivity contribution in [1.82, 2.24) is 0 Å². The standard InChI is InChI=1S/C3H7NO.Li/c1-2-3(4)5;/h2H2,1H3,(H2,4,5);. The predicted octanol–water partition coefficient (Wildman–Crippen LogP) is -0.499. The first-order valence-corrected chi connectivity index (χ1v) is 1.55. The van der Waals surface area contributed by atoms with Crippen LogP contribution in [0.4, 0.5) is 0 Å². The van der Waals surface area contributed by atoms with E-state index in [0.717, 1.165) is 0 Å². The molecule has 0 rings (SSSR count). The van der Waals surface area contributed by atoms with Gasteiger partial charge in [-0.15, -0.1) is 0 Å². The molecule has 1 radical (unpaired) electrons. The molecule has 0 heterocycles. The van der Waals surface area contributed by atoms with Crippen molar-refractivity contribution in [3.8, 4) is 0 Å². The van der Waals surface area contributed by atoms with Gasteiger partial charge >= 0.3 is 0 Å². The molecule has 0 aliphatic heterocycles. The maximum absolute atomic E-state index is 9.59. The second-order valence-corrected chi connectivity index (χ2v) is 0.820. The van der Waals surface area contributed by atoms with Gasteiger partial charge in [-0.25, -0.2) is 0 Å². The number of carbonyl (C=O) groups is 1. The van der Waals surface area contributed by atoms with E-state index in [9.17, 15) is 4.79 Å². The van der Waals surface area contributed by atoms with E-state index >= 15 is 0 Å². The van der Waals surface area contributed by atoms with Crippen molar-refractivity contribution >= 4 is 24.8 Å². The molecule has 0 saturated heterocycles. The van der Waals surface area contributed by atoms with E-state index in [2.05, 4.69) is 5.73 Å². The molecule has 31 valence electrons. The molecule has 6 heavy (non-hydrogen) atoms. The molecule has 0 aromatic heterocycles. The third-order valence-electron chi connectivity index (χ3n) is 0.348. The molecule has 2 N–H and O–H groups in total. The molecule has 0 spiro atoms. The van der Waals surface area contributed by atoms with Crippen LogP contribution < -0.4 is 5.73 Å². The molecular weight excluding hydrogens is 73.0 g/mol. The van der Waals surface area contributed by atoms with Gasteiger partial charge in [-0.05, 0) is 0 Å². The minimum atomic E-state index is -0.245. The zero-order valence-electron chi connectivity index (χ0n) is 4.19. The molecule has 0 aliphatic rings. The van der Waals surface area contributed by atoms with Gasteiger partial charge in [-0.2, -0.15) is 0 Å². The summed E-state index contributed by atoms with van der Waals surface area (Å²) in [5, 5.41) is 0. The van der Waals surface area contributed by atoms with Crippen molar-refractivity contribution in [2.24, 2.45) is 5.73 Å². The van der Waals surface area contributed by atoms with Crippen LogP contribution >= 0.6 is 0 Å². The molecule has 0 bridgehead atoms. The Morgan fingerprint density at radius 1 is 1.83 bits per heavy atom. The Hall–Kier alpha value is 0.0674. The van der Waals surface area contributed by atoms with Crippen LogP contribution in [-0.2, 0) is 4.79 Å². The van der Waals surface area contributed by atoms with Gasteiger partial charge in [0.05, 0.1) is 0 Å². The van der Waals surface area contributed by atoms with E-state index in [-0.39, 0.29) is 24.8 Å².